The van der Waals surface area contributed by atoms with Crippen molar-refractivity contribution in [1.29, 1.82) is 0 Å². The highest BCUT2D eigenvalue weighted by Crippen LogP contribution is 2.34. The van der Waals surface area contributed by atoms with Crippen LogP contribution in [0.25, 0.3) is 11.1 Å². The minimum absolute atomic E-state index is 0.0288. The van der Waals surface area contributed by atoms with E-state index in [4.69, 9.17) is 9.47 Å². The maximum atomic E-state index is 13.5. The lowest BCUT2D eigenvalue weighted by atomic mass is 9.94. The first kappa shape index (κ1) is 30.8. The number of rotatable bonds is 9. The molecular weight excluding hydrogens is 571 g/mol. The van der Waals surface area contributed by atoms with E-state index >= 15 is 0 Å². The van der Waals surface area contributed by atoms with Gasteiger partial charge in [0, 0.05) is 30.0 Å². The third-order valence-electron chi connectivity index (χ3n) is 6.64. The molecule has 0 unspecified atom stereocenters. The van der Waals surface area contributed by atoms with Crippen LogP contribution in [0.4, 0.5) is 13.2 Å². The number of alkyl halides is 3. The first-order valence-corrected chi connectivity index (χ1v) is 14.3. The van der Waals surface area contributed by atoms with E-state index in [1.54, 1.807) is 48.4 Å². The monoisotopic (exact) mass is 601 g/mol. The van der Waals surface area contributed by atoms with Crippen LogP contribution in [0.3, 0.4) is 0 Å². The molecular formula is C30H30F3N3O5S. The summed E-state index contributed by atoms with van der Waals surface area (Å²) < 4.78 is 49.2. The maximum Gasteiger partial charge on any atom is 0.416 e. The first-order chi connectivity index (χ1) is 20.1. The topological polar surface area (TPSA) is 97.8 Å². The van der Waals surface area contributed by atoms with Crippen LogP contribution in [0.2, 0.25) is 0 Å². The van der Waals surface area contributed by atoms with Crippen molar-refractivity contribution in [3.63, 3.8) is 0 Å². The smallest absolute Gasteiger partial charge is 0.416 e. The highest BCUT2D eigenvalue weighted by Gasteiger charge is 2.31. The zero-order valence-corrected chi connectivity index (χ0v) is 23.9. The van der Waals surface area contributed by atoms with Gasteiger partial charge in [-0.25, -0.2) is 9.78 Å². The lowest BCUT2D eigenvalue weighted by molar-refractivity contribution is -0.138. The van der Waals surface area contributed by atoms with Crippen molar-refractivity contribution in [3.05, 3.63) is 87.7 Å². The maximum absolute atomic E-state index is 13.5. The molecule has 222 valence electrons. The van der Waals surface area contributed by atoms with Gasteiger partial charge in [0.05, 0.1) is 29.9 Å². The van der Waals surface area contributed by atoms with Gasteiger partial charge in [-0.2, -0.15) is 13.2 Å². The van der Waals surface area contributed by atoms with Crippen molar-refractivity contribution in [2.45, 2.75) is 38.8 Å². The summed E-state index contributed by atoms with van der Waals surface area (Å²) in [5.41, 5.74) is 0.957. The summed E-state index contributed by atoms with van der Waals surface area (Å²) in [5.74, 6) is -1.33. The zero-order valence-electron chi connectivity index (χ0n) is 23.1. The number of thiazole rings is 1. The molecule has 1 aliphatic rings. The standard InChI is InChI=1S/C30H30F3N3O5S/c1-3-40-25(17-26(37)41-4-2)35-27(38)24-18-42-28(34-24)20-13-15-36(16-14-20)29(39)23-8-6-5-7-22(23)19-9-11-21(12-10-19)30(31,32)33/h5-12,17-18,20H,3-4,13-16H2,1-2H3,(H,35,38). The molecule has 2 heterocycles. The van der Waals surface area contributed by atoms with E-state index in [1.807, 2.05) is 0 Å². The zero-order chi connectivity index (χ0) is 30.3. The van der Waals surface area contributed by atoms with Crippen LogP contribution in [-0.4, -0.2) is 54.0 Å². The third kappa shape index (κ3) is 7.55. The van der Waals surface area contributed by atoms with Crippen molar-refractivity contribution in [2.24, 2.45) is 0 Å². The second kappa shape index (κ2) is 13.6. The lowest BCUT2D eigenvalue weighted by Gasteiger charge is -2.31. The van der Waals surface area contributed by atoms with Crippen LogP contribution in [0.15, 0.2) is 65.9 Å². The molecule has 1 fully saturated rings. The number of hydrogen-bond acceptors (Lipinski definition) is 7. The number of carbonyl (C=O) groups is 3. The number of aromatic nitrogens is 1. The summed E-state index contributed by atoms with van der Waals surface area (Å²) >= 11 is 1.35. The van der Waals surface area contributed by atoms with Crippen molar-refractivity contribution in [2.75, 3.05) is 26.3 Å². The molecule has 0 aliphatic carbocycles. The molecule has 4 rings (SSSR count). The minimum atomic E-state index is -4.44. The molecule has 42 heavy (non-hydrogen) atoms. The van der Waals surface area contributed by atoms with E-state index in [-0.39, 0.29) is 36.6 Å². The van der Waals surface area contributed by atoms with Gasteiger partial charge in [0.15, 0.2) is 0 Å². The summed E-state index contributed by atoms with van der Waals surface area (Å²) in [6.07, 6.45) is -2.10. The molecule has 1 aliphatic heterocycles. The van der Waals surface area contributed by atoms with Crippen molar-refractivity contribution in [3.8, 4) is 11.1 Å². The number of likely N-dealkylation sites (tertiary alicyclic amines) is 1. The molecule has 2 amide bonds. The Hall–Kier alpha value is -4.19. The number of benzene rings is 2. The summed E-state index contributed by atoms with van der Waals surface area (Å²) in [6.45, 7) is 4.74. The first-order valence-electron chi connectivity index (χ1n) is 13.4. The Bertz CT molecular complexity index is 1440. The lowest BCUT2D eigenvalue weighted by Crippen LogP contribution is -2.38. The van der Waals surface area contributed by atoms with Crippen molar-refractivity contribution < 1.29 is 37.0 Å². The summed E-state index contributed by atoms with van der Waals surface area (Å²) in [5, 5.41) is 4.95. The fourth-order valence-electron chi connectivity index (χ4n) is 4.58. The van der Waals surface area contributed by atoms with Crippen molar-refractivity contribution >= 4 is 29.1 Å². The number of halogens is 3. The molecule has 0 atom stereocenters. The van der Waals surface area contributed by atoms with Gasteiger partial charge in [0.25, 0.3) is 11.8 Å². The van der Waals surface area contributed by atoms with Crippen LogP contribution in [0.5, 0.6) is 0 Å². The quantitative estimate of drug-likeness (QED) is 0.183. The van der Waals surface area contributed by atoms with Gasteiger partial charge in [-0.15, -0.1) is 11.3 Å². The fraction of sp³-hybridized carbons (Fsp3) is 0.333. The van der Waals surface area contributed by atoms with E-state index in [0.717, 1.165) is 23.2 Å². The van der Waals surface area contributed by atoms with Gasteiger partial charge in [-0.1, -0.05) is 30.3 Å². The van der Waals surface area contributed by atoms with Crippen LogP contribution in [0.1, 0.15) is 64.0 Å². The third-order valence-corrected chi connectivity index (χ3v) is 7.65. The van der Waals surface area contributed by atoms with E-state index in [9.17, 15) is 27.6 Å². The molecule has 3 aromatic rings. The Morgan fingerprint density at radius 1 is 1.02 bits per heavy atom. The molecule has 1 N–H and O–H groups in total. The largest absolute Gasteiger partial charge is 0.479 e. The molecule has 1 saturated heterocycles. The molecule has 0 bridgehead atoms. The summed E-state index contributed by atoms with van der Waals surface area (Å²) in [4.78, 5) is 44.2. The highest BCUT2D eigenvalue weighted by molar-refractivity contribution is 7.09. The van der Waals surface area contributed by atoms with Gasteiger partial charge in [-0.05, 0) is 56.0 Å². The average Bonchev–Trinajstić information content (AvgIpc) is 3.47. The number of carbonyl (C=O) groups excluding carboxylic acids is 3. The normalized spacial score (nSPS) is 14.4. The SMILES string of the molecule is CCOC(=O)C=C(NC(=O)c1csc(C2CCN(C(=O)c3ccccc3-c3ccc(C(F)(F)F)cc3)CC2)n1)OCC. The Balaban J connectivity index is 1.39. The number of hydrogen-bond donors (Lipinski definition) is 1. The Morgan fingerprint density at radius 2 is 1.69 bits per heavy atom. The van der Waals surface area contributed by atoms with Gasteiger partial charge >= 0.3 is 12.1 Å². The second-order valence-electron chi connectivity index (χ2n) is 9.41. The van der Waals surface area contributed by atoms with Gasteiger partial charge < -0.3 is 14.4 Å². The molecule has 8 nitrogen and oxygen atoms in total. The molecule has 0 saturated carbocycles. The number of ether oxygens (including phenoxy) is 2. The Labute approximate surface area is 245 Å². The van der Waals surface area contributed by atoms with Crippen LogP contribution >= 0.6 is 11.3 Å². The van der Waals surface area contributed by atoms with E-state index < -0.39 is 23.6 Å². The molecule has 1 aromatic heterocycles. The number of piperidine rings is 1. The van der Waals surface area contributed by atoms with Gasteiger partial charge in [-0.3, -0.25) is 14.9 Å². The predicted molar refractivity (Wildman–Crippen MR) is 151 cm³/mol. The number of esters is 1. The average molecular weight is 602 g/mol. The van der Waals surface area contributed by atoms with E-state index in [2.05, 4.69) is 10.3 Å². The highest BCUT2D eigenvalue weighted by atomic mass is 32.1. The van der Waals surface area contributed by atoms with Crippen LogP contribution < -0.4 is 5.32 Å². The molecule has 2 aromatic carbocycles. The Kier molecular flexibility index (Phi) is 10.00. The molecule has 12 heteroatoms. The second-order valence-corrected chi connectivity index (χ2v) is 10.3. The molecule has 0 radical (unpaired) electrons. The summed E-state index contributed by atoms with van der Waals surface area (Å²) in [7, 11) is 0. The molecule has 0 spiro atoms. The fourth-order valence-corrected chi connectivity index (χ4v) is 5.55. The van der Waals surface area contributed by atoms with Crippen molar-refractivity contribution in [1.82, 2.24) is 15.2 Å². The van der Waals surface area contributed by atoms with Gasteiger partial charge in [0.1, 0.15) is 5.69 Å². The number of nitrogens with zero attached hydrogens (tertiary/aromatic N) is 2. The predicted octanol–water partition coefficient (Wildman–Crippen LogP) is 6.02. The van der Waals surface area contributed by atoms with E-state index in [1.165, 1.54) is 23.5 Å². The number of nitrogens with one attached hydrogen (secondary N) is 1. The number of amides is 2. The van der Waals surface area contributed by atoms with Gasteiger partial charge in [0.2, 0.25) is 5.88 Å². The van der Waals surface area contributed by atoms with Crippen LogP contribution in [0, 0.1) is 0 Å². The Morgan fingerprint density at radius 3 is 2.33 bits per heavy atom. The minimum Gasteiger partial charge on any atom is -0.479 e. The van der Waals surface area contributed by atoms with E-state index in [0.29, 0.717) is 42.6 Å². The van der Waals surface area contributed by atoms with Crippen LogP contribution in [-0.2, 0) is 20.4 Å². The summed E-state index contributed by atoms with van der Waals surface area (Å²) in [6, 6.07) is 11.7.